The second-order valence-corrected chi connectivity index (χ2v) is 8.99. The minimum absolute atomic E-state index is 0.0904. The van der Waals surface area contributed by atoms with Crippen LogP contribution in [0.1, 0.15) is 50.7 Å². The predicted molar refractivity (Wildman–Crippen MR) is 106 cm³/mol. The maximum atomic E-state index is 13.1. The largest absolute Gasteiger partial charge is 0.343 e. The van der Waals surface area contributed by atoms with E-state index < -0.39 is 5.92 Å². The van der Waals surface area contributed by atoms with Crippen molar-refractivity contribution in [2.24, 2.45) is 5.41 Å². The molecule has 0 radical (unpaired) electrons. The van der Waals surface area contributed by atoms with E-state index in [1.807, 2.05) is 19.1 Å². The van der Waals surface area contributed by atoms with Gasteiger partial charge in [0.2, 0.25) is 0 Å². The van der Waals surface area contributed by atoms with E-state index in [1.165, 1.54) is 11.8 Å². The molecule has 1 aliphatic carbocycles. The Labute approximate surface area is 161 Å². The summed E-state index contributed by atoms with van der Waals surface area (Å²) in [5, 5.41) is 3.91. The van der Waals surface area contributed by atoms with Gasteiger partial charge in [0.25, 0.3) is 5.56 Å². The number of Topliss-reactive ketones (excluding diaryl/α,β-unsaturated/α-hetero) is 1. The lowest BCUT2D eigenvalue weighted by molar-refractivity contribution is -0.118. The Morgan fingerprint density at radius 2 is 1.96 bits per heavy atom. The molecular weight excluding hydrogens is 360 g/mol. The standard InChI is InChI=1S/C20H22N4O2S/c1-4-27-19-23-17-16(18(26)24-19)14(11-5-7-21-8-6-11)15-12(22-17)9-20(2,3)10-13(15)25/h5-8,14H,4,9-10H2,1-3H3,(H2,22,23,24,26)/t14-/m1/s1. The monoisotopic (exact) mass is 382 g/mol. The summed E-state index contributed by atoms with van der Waals surface area (Å²) >= 11 is 1.49. The third kappa shape index (κ3) is 3.20. The Morgan fingerprint density at radius 1 is 1.22 bits per heavy atom. The molecule has 4 rings (SSSR count). The molecule has 1 atom stereocenters. The average molecular weight is 382 g/mol. The van der Waals surface area contributed by atoms with Crippen LogP contribution in [-0.2, 0) is 4.79 Å². The number of nitrogens with one attached hydrogen (secondary N) is 2. The maximum absolute atomic E-state index is 13.1. The van der Waals surface area contributed by atoms with Crippen molar-refractivity contribution < 1.29 is 4.79 Å². The van der Waals surface area contributed by atoms with Gasteiger partial charge in [0, 0.05) is 36.0 Å². The van der Waals surface area contributed by atoms with Gasteiger partial charge in [-0.25, -0.2) is 4.98 Å². The van der Waals surface area contributed by atoms with Crippen LogP contribution in [0.3, 0.4) is 0 Å². The number of carbonyl (C=O) groups is 1. The van der Waals surface area contributed by atoms with Crippen LogP contribution >= 0.6 is 11.8 Å². The zero-order valence-corrected chi connectivity index (χ0v) is 16.4. The van der Waals surface area contributed by atoms with Crippen LogP contribution < -0.4 is 10.9 Å². The molecule has 0 amide bonds. The number of aromatic nitrogens is 3. The Morgan fingerprint density at radius 3 is 2.67 bits per heavy atom. The molecular formula is C20H22N4O2S. The van der Waals surface area contributed by atoms with Crippen LogP contribution in [0, 0.1) is 5.41 Å². The number of aromatic amines is 1. The van der Waals surface area contributed by atoms with Gasteiger partial charge in [-0.2, -0.15) is 0 Å². The summed E-state index contributed by atoms with van der Waals surface area (Å²) in [6.45, 7) is 6.20. The normalized spacial score (nSPS) is 20.7. The van der Waals surface area contributed by atoms with Gasteiger partial charge in [-0.15, -0.1) is 0 Å². The van der Waals surface area contributed by atoms with Crippen molar-refractivity contribution in [1.82, 2.24) is 15.0 Å². The third-order valence-electron chi connectivity index (χ3n) is 5.02. The number of ketones is 1. The molecule has 2 N–H and O–H groups in total. The van der Waals surface area contributed by atoms with Crippen molar-refractivity contribution in [3.05, 3.63) is 57.3 Å². The lowest BCUT2D eigenvalue weighted by Gasteiger charge is -2.38. The predicted octanol–water partition coefficient (Wildman–Crippen LogP) is 3.48. The Hall–Kier alpha value is -2.41. The molecule has 7 heteroatoms. The van der Waals surface area contributed by atoms with Gasteiger partial charge in [-0.05, 0) is 35.3 Å². The van der Waals surface area contributed by atoms with Crippen molar-refractivity contribution in [2.75, 3.05) is 11.1 Å². The number of anilines is 1. The topological polar surface area (TPSA) is 87.7 Å². The Balaban J connectivity index is 1.95. The molecule has 0 fully saturated rings. The highest BCUT2D eigenvalue weighted by molar-refractivity contribution is 7.99. The summed E-state index contributed by atoms with van der Waals surface area (Å²) in [5.41, 5.74) is 2.65. The average Bonchev–Trinajstić information content (AvgIpc) is 2.60. The summed E-state index contributed by atoms with van der Waals surface area (Å²) in [6.07, 6.45) is 4.61. The Kier molecular flexibility index (Phi) is 4.42. The summed E-state index contributed by atoms with van der Waals surface area (Å²) in [6, 6.07) is 3.73. The highest BCUT2D eigenvalue weighted by atomic mass is 32.2. The number of pyridine rings is 1. The third-order valence-corrected chi connectivity index (χ3v) is 5.78. The highest BCUT2D eigenvalue weighted by Crippen LogP contribution is 2.47. The van der Waals surface area contributed by atoms with Gasteiger partial charge in [0.15, 0.2) is 10.9 Å². The second-order valence-electron chi connectivity index (χ2n) is 7.74. The molecule has 3 heterocycles. The number of hydrogen-bond donors (Lipinski definition) is 2. The van der Waals surface area contributed by atoms with Gasteiger partial charge in [0.05, 0.1) is 5.56 Å². The summed E-state index contributed by atoms with van der Waals surface area (Å²) in [5.74, 6) is 1.04. The second kappa shape index (κ2) is 6.64. The quantitative estimate of drug-likeness (QED) is 0.624. The fourth-order valence-electron chi connectivity index (χ4n) is 3.99. The lowest BCUT2D eigenvalue weighted by Crippen LogP contribution is -2.37. The first-order valence-electron chi connectivity index (χ1n) is 9.10. The summed E-state index contributed by atoms with van der Waals surface area (Å²) < 4.78 is 0. The molecule has 1 aliphatic heterocycles. The van der Waals surface area contributed by atoms with Crippen molar-refractivity contribution >= 4 is 23.4 Å². The van der Waals surface area contributed by atoms with E-state index in [0.29, 0.717) is 28.5 Å². The Bertz CT molecular complexity index is 995. The first-order valence-corrected chi connectivity index (χ1v) is 10.1. The highest BCUT2D eigenvalue weighted by Gasteiger charge is 2.42. The molecule has 0 saturated heterocycles. The van der Waals surface area contributed by atoms with E-state index in [-0.39, 0.29) is 16.8 Å². The van der Waals surface area contributed by atoms with Crippen molar-refractivity contribution in [3.8, 4) is 0 Å². The van der Waals surface area contributed by atoms with E-state index in [2.05, 4.69) is 34.1 Å². The van der Waals surface area contributed by atoms with Crippen molar-refractivity contribution in [1.29, 1.82) is 0 Å². The van der Waals surface area contributed by atoms with Crippen molar-refractivity contribution in [3.63, 3.8) is 0 Å². The van der Waals surface area contributed by atoms with Crippen LogP contribution in [-0.4, -0.2) is 26.5 Å². The summed E-state index contributed by atoms with van der Waals surface area (Å²) in [7, 11) is 0. The maximum Gasteiger partial charge on any atom is 0.257 e. The number of allylic oxidation sites excluding steroid dienone is 2. The van der Waals surface area contributed by atoms with Crippen LogP contribution in [0.15, 0.2) is 45.7 Å². The van der Waals surface area contributed by atoms with Gasteiger partial charge >= 0.3 is 0 Å². The fraction of sp³-hybridized carbons (Fsp3) is 0.400. The van der Waals surface area contributed by atoms with E-state index in [9.17, 15) is 9.59 Å². The van der Waals surface area contributed by atoms with Crippen molar-refractivity contribution in [2.45, 2.75) is 44.7 Å². The first kappa shape index (κ1) is 18.0. The van der Waals surface area contributed by atoms with Gasteiger partial charge < -0.3 is 10.3 Å². The smallest absolute Gasteiger partial charge is 0.257 e. The molecule has 6 nitrogen and oxygen atoms in total. The SMILES string of the molecule is CCSc1nc2c(c(=O)[nH]1)[C@H](c1ccncc1)C1=C(CC(C)(C)CC1=O)N2. The van der Waals surface area contributed by atoms with E-state index in [0.717, 1.165) is 23.4 Å². The van der Waals surface area contributed by atoms with Crippen LogP contribution in [0.4, 0.5) is 5.82 Å². The van der Waals surface area contributed by atoms with Crippen LogP contribution in [0.25, 0.3) is 0 Å². The van der Waals surface area contributed by atoms with E-state index >= 15 is 0 Å². The van der Waals surface area contributed by atoms with Gasteiger partial charge in [-0.1, -0.05) is 32.5 Å². The molecule has 0 spiro atoms. The molecule has 2 aromatic heterocycles. The molecule has 140 valence electrons. The number of thioether (sulfide) groups is 1. The molecule has 2 aromatic rings. The van der Waals surface area contributed by atoms with Gasteiger partial charge in [0.1, 0.15) is 5.82 Å². The number of nitrogens with zero attached hydrogens (tertiary/aromatic N) is 2. The van der Waals surface area contributed by atoms with Crippen LogP contribution in [0.2, 0.25) is 0 Å². The number of fused-ring (bicyclic) bond motifs is 1. The number of hydrogen-bond acceptors (Lipinski definition) is 6. The molecule has 0 aromatic carbocycles. The van der Waals surface area contributed by atoms with Crippen LogP contribution in [0.5, 0.6) is 0 Å². The lowest BCUT2D eigenvalue weighted by atomic mass is 9.69. The minimum atomic E-state index is -0.417. The molecule has 0 unspecified atom stereocenters. The molecule has 27 heavy (non-hydrogen) atoms. The zero-order chi connectivity index (χ0) is 19.2. The molecule has 0 bridgehead atoms. The number of rotatable bonds is 3. The molecule has 2 aliphatic rings. The fourth-order valence-corrected chi connectivity index (χ4v) is 4.58. The van der Waals surface area contributed by atoms with Gasteiger partial charge in [-0.3, -0.25) is 14.6 Å². The number of H-pyrrole nitrogens is 1. The number of carbonyl (C=O) groups excluding carboxylic acids is 1. The van der Waals surface area contributed by atoms with E-state index in [1.54, 1.807) is 12.4 Å². The first-order chi connectivity index (χ1) is 12.9. The summed E-state index contributed by atoms with van der Waals surface area (Å²) in [4.78, 5) is 37.6. The zero-order valence-electron chi connectivity index (χ0n) is 15.6. The van der Waals surface area contributed by atoms with E-state index in [4.69, 9.17) is 0 Å². The molecule has 0 saturated carbocycles. The minimum Gasteiger partial charge on any atom is -0.343 e.